The number of benzene rings is 2. The van der Waals surface area contributed by atoms with Crippen molar-refractivity contribution in [3.63, 3.8) is 0 Å². The molecule has 0 heterocycles. The Kier molecular flexibility index (Phi) is 8.72. The molecule has 2 aromatic carbocycles. The van der Waals surface area contributed by atoms with Crippen LogP contribution in [0.5, 0.6) is 11.5 Å². The van der Waals surface area contributed by atoms with Gasteiger partial charge in [-0.3, -0.25) is 9.59 Å². The lowest BCUT2D eigenvalue weighted by molar-refractivity contribution is -0.142. The monoisotopic (exact) mass is 476 g/mol. The molecule has 0 saturated carbocycles. The van der Waals surface area contributed by atoms with Crippen molar-refractivity contribution in [3.05, 3.63) is 57.6 Å². The average molecular weight is 477 g/mol. The van der Waals surface area contributed by atoms with Gasteiger partial charge in [0.25, 0.3) is 5.91 Å². The smallest absolute Gasteiger partial charge is 0.261 e. The summed E-state index contributed by atoms with van der Waals surface area (Å²) in [6.45, 7) is 8.12. The number of amides is 2. The number of methoxy groups -OCH3 is 1. The van der Waals surface area contributed by atoms with E-state index in [1.165, 1.54) is 4.90 Å². The molecule has 0 aliphatic carbocycles. The Morgan fingerprint density at radius 1 is 1.13 bits per heavy atom. The first-order valence-electron chi connectivity index (χ1n) is 9.86. The number of hydrogen-bond acceptors (Lipinski definition) is 4. The lowest BCUT2D eigenvalue weighted by Crippen LogP contribution is -2.49. The van der Waals surface area contributed by atoms with Gasteiger partial charge in [0.1, 0.15) is 17.5 Å². The summed E-state index contributed by atoms with van der Waals surface area (Å²) in [4.78, 5) is 27.0. The maximum absolute atomic E-state index is 13.0. The summed E-state index contributed by atoms with van der Waals surface area (Å²) >= 11 is 3.53. The molecule has 2 aromatic rings. The van der Waals surface area contributed by atoms with Gasteiger partial charge >= 0.3 is 0 Å². The molecule has 162 valence electrons. The minimum Gasteiger partial charge on any atom is -0.497 e. The van der Waals surface area contributed by atoms with Crippen LogP contribution in [0.3, 0.4) is 0 Å². The number of nitrogens with one attached hydrogen (secondary N) is 1. The van der Waals surface area contributed by atoms with Crippen LogP contribution < -0.4 is 14.8 Å². The summed E-state index contributed by atoms with van der Waals surface area (Å²) < 4.78 is 12.1. The summed E-state index contributed by atoms with van der Waals surface area (Å²) in [5, 5.41) is 2.78. The number of ether oxygens (including phenoxy) is 2. The molecule has 2 rings (SSSR count). The fraction of sp³-hybridized carbons (Fsp3) is 0.391. The van der Waals surface area contributed by atoms with E-state index in [1.54, 1.807) is 14.0 Å². The van der Waals surface area contributed by atoms with Gasteiger partial charge in [-0.25, -0.2) is 0 Å². The molecular formula is C23H29BrN2O4. The van der Waals surface area contributed by atoms with Crippen molar-refractivity contribution in [3.8, 4) is 11.5 Å². The summed E-state index contributed by atoms with van der Waals surface area (Å²) in [6.07, 6.45) is 0. The molecule has 1 N–H and O–H groups in total. The van der Waals surface area contributed by atoms with E-state index in [0.29, 0.717) is 18.0 Å². The highest BCUT2D eigenvalue weighted by Crippen LogP contribution is 2.26. The number of nitrogens with zero attached hydrogens (tertiary/aromatic N) is 1. The van der Waals surface area contributed by atoms with Crippen LogP contribution in [0.1, 0.15) is 30.5 Å². The van der Waals surface area contributed by atoms with E-state index in [0.717, 1.165) is 21.2 Å². The largest absolute Gasteiger partial charge is 0.497 e. The highest BCUT2D eigenvalue weighted by molar-refractivity contribution is 9.10. The van der Waals surface area contributed by atoms with Gasteiger partial charge in [0, 0.05) is 17.6 Å². The number of rotatable bonds is 9. The third-order valence-corrected chi connectivity index (χ3v) is 6.03. The van der Waals surface area contributed by atoms with E-state index in [4.69, 9.17) is 9.47 Å². The van der Waals surface area contributed by atoms with Crippen LogP contribution in [-0.4, -0.2) is 43.0 Å². The van der Waals surface area contributed by atoms with Crippen molar-refractivity contribution in [2.45, 2.75) is 40.3 Å². The second kappa shape index (κ2) is 11.0. The lowest BCUT2D eigenvalue weighted by atomic mass is 10.1. The fourth-order valence-corrected chi connectivity index (χ4v) is 3.32. The number of carbonyl (C=O) groups excluding carboxylic acids is 2. The molecule has 0 saturated heterocycles. The Morgan fingerprint density at radius 3 is 2.40 bits per heavy atom. The van der Waals surface area contributed by atoms with Gasteiger partial charge in [-0.15, -0.1) is 0 Å². The highest BCUT2D eigenvalue weighted by atomic mass is 79.9. The van der Waals surface area contributed by atoms with Crippen molar-refractivity contribution in [2.75, 3.05) is 20.3 Å². The van der Waals surface area contributed by atoms with Gasteiger partial charge < -0.3 is 19.7 Å². The number of halogens is 1. The number of likely N-dealkylation sites (N-methyl/N-ethyl adjacent to an activating group) is 1. The first-order valence-corrected chi connectivity index (χ1v) is 10.7. The van der Waals surface area contributed by atoms with Gasteiger partial charge in [-0.2, -0.15) is 0 Å². The number of carbonyl (C=O) groups is 2. The molecule has 0 bridgehead atoms. The summed E-state index contributed by atoms with van der Waals surface area (Å²) in [7, 11) is 1.59. The zero-order valence-electron chi connectivity index (χ0n) is 18.1. The molecule has 0 aliphatic heterocycles. The van der Waals surface area contributed by atoms with E-state index in [1.807, 2.05) is 57.2 Å². The third-order valence-electron chi connectivity index (χ3n) is 4.78. The quantitative estimate of drug-likeness (QED) is 0.593. The van der Waals surface area contributed by atoms with Crippen LogP contribution in [0.15, 0.2) is 40.9 Å². The van der Waals surface area contributed by atoms with Gasteiger partial charge in [-0.05, 0) is 68.7 Å². The Labute approximate surface area is 186 Å². The molecule has 6 nitrogen and oxygen atoms in total. The van der Waals surface area contributed by atoms with Gasteiger partial charge in [-0.1, -0.05) is 28.1 Å². The standard InChI is InChI=1S/C23H29BrN2O4/c1-6-25-23(28)17(4)26(13-18-8-7-9-19(12-18)29-5)21(27)14-30-20-10-15(2)22(24)16(3)11-20/h7-12,17H,6,13-14H2,1-5H3,(H,25,28)/t17-/m0/s1. The third kappa shape index (κ3) is 6.23. The molecular weight excluding hydrogens is 448 g/mol. The van der Waals surface area contributed by atoms with Crippen LogP contribution in [0, 0.1) is 13.8 Å². The van der Waals surface area contributed by atoms with E-state index in [2.05, 4.69) is 21.2 Å². The first kappa shape index (κ1) is 23.7. The SMILES string of the molecule is CCNC(=O)[C@H](C)N(Cc1cccc(OC)c1)C(=O)COc1cc(C)c(Br)c(C)c1. The van der Waals surface area contributed by atoms with Gasteiger partial charge in [0.05, 0.1) is 7.11 Å². The zero-order chi connectivity index (χ0) is 22.3. The maximum atomic E-state index is 13.0. The molecule has 0 spiro atoms. The molecule has 1 atom stereocenters. The minimum atomic E-state index is -0.638. The predicted octanol–water partition coefficient (Wildman–Crippen LogP) is 4.01. The van der Waals surface area contributed by atoms with Gasteiger partial charge in [0.2, 0.25) is 5.91 Å². The van der Waals surface area contributed by atoms with E-state index in [-0.39, 0.29) is 25.0 Å². The zero-order valence-corrected chi connectivity index (χ0v) is 19.7. The number of aryl methyl sites for hydroxylation is 2. The molecule has 7 heteroatoms. The van der Waals surface area contributed by atoms with Crippen LogP contribution >= 0.6 is 15.9 Å². The first-order chi connectivity index (χ1) is 14.3. The number of hydrogen-bond donors (Lipinski definition) is 1. The molecule has 2 amide bonds. The van der Waals surface area contributed by atoms with Crippen LogP contribution in [0.2, 0.25) is 0 Å². The molecule has 0 aromatic heterocycles. The Balaban J connectivity index is 2.19. The molecule has 0 unspecified atom stereocenters. The highest BCUT2D eigenvalue weighted by Gasteiger charge is 2.26. The van der Waals surface area contributed by atoms with Crippen LogP contribution in [0.25, 0.3) is 0 Å². The summed E-state index contributed by atoms with van der Waals surface area (Å²) in [5.41, 5.74) is 2.93. The predicted molar refractivity (Wildman–Crippen MR) is 121 cm³/mol. The normalized spacial score (nSPS) is 11.5. The Bertz CT molecular complexity index is 878. The van der Waals surface area contributed by atoms with Crippen molar-refractivity contribution in [1.29, 1.82) is 0 Å². The van der Waals surface area contributed by atoms with Crippen molar-refractivity contribution < 1.29 is 19.1 Å². The van der Waals surface area contributed by atoms with E-state index in [9.17, 15) is 9.59 Å². The van der Waals surface area contributed by atoms with Crippen molar-refractivity contribution in [1.82, 2.24) is 10.2 Å². The lowest BCUT2D eigenvalue weighted by Gasteiger charge is -2.28. The molecule has 30 heavy (non-hydrogen) atoms. The Hall–Kier alpha value is -2.54. The second-order valence-electron chi connectivity index (χ2n) is 7.10. The summed E-state index contributed by atoms with van der Waals surface area (Å²) in [6, 6.07) is 10.6. The van der Waals surface area contributed by atoms with Gasteiger partial charge in [0.15, 0.2) is 6.61 Å². The van der Waals surface area contributed by atoms with E-state index < -0.39 is 6.04 Å². The Morgan fingerprint density at radius 2 is 1.80 bits per heavy atom. The van der Waals surface area contributed by atoms with E-state index >= 15 is 0 Å². The summed E-state index contributed by atoms with van der Waals surface area (Å²) in [5.74, 6) is 0.843. The fourth-order valence-electron chi connectivity index (χ4n) is 3.09. The molecule has 0 fully saturated rings. The van der Waals surface area contributed by atoms with Crippen LogP contribution in [0.4, 0.5) is 0 Å². The second-order valence-corrected chi connectivity index (χ2v) is 7.90. The molecule has 0 aliphatic rings. The minimum absolute atomic E-state index is 0.159. The van der Waals surface area contributed by atoms with Crippen LogP contribution in [-0.2, 0) is 16.1 Å². The van der Waals surface area contributed by atoms with Crippen molar-refractivity contribution in [2.24, 2.45) is 0 Å². The topological polar surface area (TPSA) is 67.9 Å². The van der Waals surface area contributed by atoms with Crippen molar-refractivity contribution >= 4 is 27.7 Å². The average Bonchev–Trinajstić information content (AvgIpc) is 2.73. The molecule has 0 radical (unpaired) electrons. The maximum Gasteiger partial charge on any atom is 0.261 e.